The molecule has 0 fully saturated rings. The van der Waals surface area contributed by atoms with Crippen LogP contribution in [0.3, 0.4) is 0 Å². The lowest BCUT2D eigenvalue weighted by Gasteiger charge is -2.19. The molecule has 4 rings (SSSR count). The van der Waals surface area contributed by atoms with Gasteiger partial charge in [0.2, 0.25) is 5.78 Å². The molecule has 0 atom stereocenters. The maximum absolute atomic E-state index is 13.2. The van der Waals surface area contributed by atoms with Crippen molar-refractivity contribution in [1.29, 1.82) is 0 Å². The number of aryl methyl sites for hydroxylation is 2. The van der Waals surface area contributed by atoms with Crippen LogP contribution in [0, 0.1) is 13.8 Å². The molecule has 0 amide bonds. The molecule has 0 saturated carbocycles. The molecule has 3 aromatic rings. The summed E-state index contributed by atoms with van der Waals surface area (Å²) in [5, 5.41) is 0. The highest BCUT2D eigenvalue weighted by molar-refractivity contribution is 7.92. The monoisotopic (exact) mass is 449 g/mol. The Morgan fingerprint density at radius 3 is 2.53 bits per heavy atom. The van der Waals surface area contributed by atoms with Crippen LogP contribution < -0.4 is 4.31 Å². The minimum atomic E-state index is -3.83. The third kappa shape index (κ3) is 4.16. The molecule has 0 bridgehead atoms. The number of benzene rings is 3. The van der Waals surface area contributed by atoms with Crippen LogP contribution in [0.1, 0.15) is 37.4 Å². The number of hydrogen-bond acceptors (Lipinski definition) is 5. The number of Topliss-reactive ketones (excluding diaryl/α,β-unsaturated/α-hetero) is 1. The first-order valence-electron chi connectivity index (χ1n) is 10.3. The van der Waals surface area contributed by atoms with E-state index in [1.54, 1.807) is 18.2 Å². The first kappa shape index (κ1) is 21.8. The van der Waals surface area contributed by atoms with Crippen molar-refractivity contribution in [2.45, 2.75) is 25.2 Å². The van der Waals surface area contributed by atoms with Gasteiger partial charge in [-0.2, -0.15) is 0 Å². The smallest absolute Gasteiger partial charge is 0.338 e. The van der Waals surface area contributed by atoms with Crippen LogP contribution in [0.25, 0.3) is 0 Å². The fourth-order valence-electron chi connectivity index (χ4n) is 3.89. The molecule has 6 nitrogen and oxygen atoms in total. The van der Waals surface area contributed by atoms with Crippen LogP contribution >= 0.6 is 0 Å². The van der Waals surface area contributed by atoms with Crippen molar-refractivity contribution in [3.05, 3.63) is 94.5 Å². The van der Waals surface area contributed by atoms with Gasteiger partial charge in [-0.3, -0.25) is 9.10 Å². The molecule has 1 heterocycles. The Morgan fingerprint density at radius 1 is 0.969 bits per heavy atom. The Labute approximate surface area is 187 Å². The van der Waals surface area contributed by atoms with Crippen molar-refractivity contribution in [3.63, 3.8) is 0 Å². The average molecular weight is 450 g/mol. The van der Waals surface area contributed by atoms with E-state index in [2.05, 4.69) is 0 Å². The number of ketones is 1. The van der Waals surface area contributed by atoms with E-state index < -0.39 is 22.6 Å². The number of esters is 1. The Morgan fingerprint density at radius 2 is 1.75 bits per heavy atom. The zero-order valence-corrected chi connectivity index (χ0v) is 18.7. The van der Waals surface area contributed by atoms with Crippen LogP contribution in [-0.2, 0) is 21.2 Å². The van der Waals surface area contributed by atoms with E-state index in [0.29, 0.717) is 24.2 Å². The first-order chi connectivity index (χ1) is 15.3. The summed E-state index contributed by atoms with van der Waals surface area (Å²) in [5.41, 5.74) is 4.04. The molecule has 0 N–H and O–H groups in total. The summed E-state index contributed by atoms with van der Waals surface area (Å²) in [5.74, 6) is -1.06. The average Bonchev–Trinajstić information content (AvgIpc) is 3.22. The fourth-order valence-corrected chi connectivity index (χ4v) is 5.44. The quantitative estimate of drug-likeness (QED) is 0.418. The van der Waals surface area contributed by atoms with Gasteiger partial charge in [0.1, 0.15) is 0 Å². The minimum Gasteiger partial charge on any atom is -0.454 e. The molecule has 3 aromatic carbocycles. The standard InChI is InChI=1S/C25H23NO5S/c1-17-10-11-22(18(2)14-17)24(27)16-31-25(28)20-7-5-8-21(15-20)32(29,30)26-13-12-19-6-3-4-9-23(19)26/h3-11,14-15H,12-13,16H2,1-2H3. The molecule has 0 saturated heterocycles. The van der Waals surface area contributed by atoms with E-state index in [1.165, 1.54) is 28.6 Å². The zero-order chi connectivity index (χ0) is 22.9. The molecule has 0 aliphatic carbocycles. The van der Waals surface area contributed by atoms with Crippen LogP contribution in [0.2, 0.25) is 0 Å². The molecule has 7 heteroatoms. The Kier molecular flexibility index (Phi) is 5.84. The van der Waals surface area contributed by atoms with Gasteiger partial charge in [-0.05, 0) is 55.7 Å². The molecule has 0 radical (unpaired) electrons. The maximum atomic E-state index is 13.2. The SMILES string of the molecule is Cc1ccc(C(=O)COC(=O)c2cccc(S(=O)(=O)N3CCc4ccccc43)c2)c(C)c1. The predicted octanol–water partition coefficient (Wildman–Crippen LogP) is 4.09. The normalized spacial score (nSPS) is 13.0. The summed E-state index contributed by atoms with van der Waals surface area (Å²) in [6, 6.07) is 18.5. The van der Waals surface area contributed by atoms with Gasteiger partial charge in [0.15, 0.2) is 6.61 Å². The van der Waals surface area contributed by atoms with Gasteiger partial charge < -0.3 is 4.74 Å². The topological polar surface area (TPSA) is 80.8 Å². The van der Waals surface area contributed by atoms with Crippen LogP contribution in [-0.4, -0.2) is 33.3 Å². The number of sulfonamides is 1. The zero-order valence-electron chi connectivity index (χ0n) is 17.9. The van der Waals surface area contributed by atoms with E-state index in [4.69, 9.17) is 4.74 Å². The molecule has 0 unspecified atom stereocenters. The first-order valence-corrected chi connectivity index (χ1v) is 11.7. The molecule has 0 spiro atoms. The lowest BCUT2D eigenvalue weighted by Crippen LogP contribution is -2.29. The van der Waals surface area contributed by atoms with Crippen LogP contribution in [0.4, 0.5) is 5.69 Å². The van der Waals surface area contributed by atoms with E-state index in [0.717, 1.165) is 16.7 Å². The van der Waals surface area contributed by atoms with Gasteiger partial charge in [-0.1, -0.05) is 48.0 Å². The van der Waals surface area contributed by atoms with Crippen molar-refractivity contribution >= 4 is 27.5 Å². The summed E-state index contributed by atoms with van der Waals surface area (Å²) in [6.07, 6.45) is 0.637. The minimum absolute atomic E-state index is 0.00404. The highest BCUT2D eigenvalue weighted by Gasteiger charge is 2.31. The van der Waals surface area contributed by atoms with Crippen LogP contribution in [0.15, 0.2) is 71.6 Å². The molecule has 0 aromatic heterocycles. The van der Waals surface area contributed by atoms with E-state index in [-0.39, 0.29) is 16.2 Å². The number of rotatable bonds is 6. The van der Waals surface area contributed by atoms with Gasteiger partial charge in [0.25, 0.3) is 10.0 Å². The molecule has 164 valence electrons. The second-order valence-corrected chi connectivity index (χ2v) is 9.66. The number of fused-ring (bicyclic) bond motifs is 1. The molecule has 1 aliphatic heterocycles. The van der Waals surface area contributed by atoms with Crippen LogP contribution in [0.5, 0.6) is 0 Å². The Balaban J connectivity index is 1.50. The number of carbonyl (C=O) groups excluding carboxylic acids is 2. The van der Waals surface area contributed by atoms with Crippen molar-refractivity contribution in [2.75, 3.05) is 17.5 Å². The number of carbonyl (C=O) groups is 2. The Bertz CT molecular complexity index is 1310. The van der Waals surface area contributed by atoms with E-state index >= 15 is 0 Å². The summed E-state index contributed by atoms with van der Waals surface area (Å²) in [6.45, 7) is 3.69. The third-order valence-corrected chi connectivity index (χ3v) is 7.33. The van der Waals surface area contributed by atoms with Gasteiger partial charge in [0, 0.05) is 12.1 Å². The largest absolute Gasteiger partial charge is 0.454 e. The summed E-state index contributed by atoms with van der Waals surface area (Å²) in [7, 11) is -3.83. The summed E-state index contributed by atoms with van der Waals surface area (Å²) < 4.78 is 33.0. The lowest BCUT2D eigenvalue weighted by molar-refractivity contribution is 0.0474. The summed E-state index contributed by atoms with van der Waals surface area (Å²) >= 11 is 0. The van der Waals surface area contributed by atoms with Crippen molar-refractivity contribution < 1.29 is 22.7 Å². The Hall–Kier alpha value is -3.45. The number of nitrogens with zero attached hydrogens (tertiary/aromatic N) is 1. The van der Waals surface area contributed by atoms with Crippen molar-refractivity contribution in [2.24, 2.45) is 0 Å². The van der Waals surface area contributed by atoms with Crippen molar-refractivity contribution in [1.82, 2.24) is 0 Å². The highest BCUT2D eigenvalue weighted by atomic mass is 32.2. The van der Waals surface area contributed by atoms with Crippen molar-refractivity contribution in [3.8, 4) is 0 Å². The van der Waals surface area contributed by atoms with Gasteiger partial charge in [-0.15, -0.1) is 0 Å². The summed E-state index contributed by atoms with van der Waals surface area (Å²) in [4.78, 5) is 25.0. The van der Waals surface area contributed by atoms with Gasteiger partial charge in [0.05, 0.1) is 16.1 Å². The van der Waals surface area contributed by atoms with E-state index in [9.17, 15) is 18.0 Å². The molecular weight excluding hydrogens is 426 g/mol. The predicted molar refractivity (Wildman–Crippen MR) is 122 cm³/mol. The number of anilines is 1. The molecule has 32 heavy (non-hydrogen) atoms. The highest BCUT2D eigenvalue weighted by Crippen LogP contribution is 2.32. The fraction of sp³-hybridized carbons (Fsp3) is 0.200. The molecular formula is C25H23NO5S. The molecule has 1 aliphatic rings. The third-order valence-electron chi connectivity index (χ3n) is 5.52. The number of hydrogen-bond donors (Lipinski definition) is 0. The van der Waals surface area contributed by atoms with E-state index in [1.807, 2.05) is 38.1 Å². The number of para-hydroxylation sites is 1. The second-order valence-electron chi connectivity index (χ2n) is 7.80. The lowest BCUT2D eigenvalue weighted by atomic mass is 10.0. The van der Waals surface area contributed by atoms with Gasteiger partial charge in [-0.25, -0.2) is 13.2 Å². The number of ether oxygens (including phenoxy) is 1. The second kappa shape index (κ2) is 8.59. The van der Waals surface area contributed by atoms with Gasteiger partial charge >= 0.3 is 5.97 Å². The maximum Gasteiger partial charge on any atom is 0.338 e.